The summed E-state index contributed by atoms with van der Waals surface area (Å²) in [5.74, 6) is -0.687. The Hall–Kier alpha value is -3.74. The number of hydrogen-bond donors (Lipinski definition) is 2. The summed E-state index contributed by atoms with van der Waals surface area (Å²) in [4.78, 5) is 32.6. The Balaban J connectivity index is 1.65. The van der Waals surface area contributed by atoms with Gasteiger partial charge in [-0.1, -0.05) is 18.2 Å². The van der Waals surface area contributed by atoms with Crippen molar-refractivity contribution in [3.8, 4) is 0 Å². The van der Waals surface area contributed by atoms with E-state index in [1.54, 1.807) is 43.5 Å². The maximum Gasteiger partial charge on any atom is 0.340 e. The van der Waals surface area contributed by atoms with Gasteiger partial charge in [-0.2, -0.15) is 0 Å². The third-order valence-electron chi connectivity index (χ3n) is 3.85. The maximum atomic E-state index is 12.2. The van der Waals surface area contributed by atoms with E-state index in [0.29, 0.717) is 35.8 Å². The quantitative estimate of drug-likeness (QED) is 0.615. The zero-order valence-corrected chi connectivity index (χ0v) is 15.4. The minimum Gasteiger partial charge on any atom is -0.462 e. The highest BCUT2D eigenvalue weighted by Crippen LogP contribution is 2.21. The second-order valence-electron chi connectivity index (χ2n) is 5.83. The second kappa shape index (κ2) is 9.27. The number of anilines is 2. The van der Waals surface area contributed by atoms with Crippen molar-refractivity contribution in [2.45, 2.75) is 13.5 Å². The lowest BCUT2D eigenvalue weighted by atomic mass is 10.1. The van der Waals surface area contributed by atoms with Gasteiger partial charge in [0.05, 0.1) is 42.0 Å². The molecule has 0 saturated heterocycles. The Morgan fingerprint density at radius 1 is 1.00 bits per heavy atom. The topological polar surface area (TPSA) is 93.2 Å². The molecule has 7 nitrogen and oxygen atoms in total. The highest BCUT2D eigenvalue weighted by molar-refractivity contribution is 5.96. The zero-order valence-electron chi connectivity index (χ0n) is 15.4. The van der Waals surface area contributed by atoms with Crippen LogP contribution in [0.3, 0.4) is 0 Å². The smallest absolute Gasteiger partial charge is 0.340 e. The molecule has 0 aliphatic heterocycles. The van der Waals surface area contributed by atoms with Crippen molar-refractivity contribution in [3.05, 3.63) is 83.9 Å². The van der Waals surface area contributed by atoms with Gasteiger partial charge >= 0.3 is 5.97 Å². The first-order valence-corrected chi connectivity index (χ1v) is 8.84. The highest BCUT2D eigenvalue weighted by Gasteiger charge is 2.12. The molecule has 2 heterocycles. The molecule has 0 unspecified atom stereocenters. The van der Waals surface area contributed by atoms with E-state index >= 15 is 0 Å². The molecule has 2 aromatic heterocycles. The highest BCUT2D eigenvalue weighted by atomic mass is 16.5. The van der Waals surface area contributed by atoms with Gasteiger partial charge in [-0.15, -0.1) is 0 Å². The van der Waals surface area contributed by atoms with E-state index in [1.165, 1.54) is 6.20 Å². The SMILES string of the molecule is CCOC(=O)c1ccccc1Nc1ccc(C(=O)NCc2ccccn2)nc1. The van der Waals surface area contributed by atoms with Crippen molar-refractivity contribution in [2.24, 2.45) is 0 Å². The van der Waals surface area contributed by atoms with Crippen LogP contribution in [0.4, 0.5) is 11.4 Å². The molecule has 2 N–H and O–H groups in total. The molecule has 0 aliphatic carbocycles. The molecule has 0 bridgehead atoms. The molecule has 0 saturated carbocycles. The number of aromatic nitrogens is 2. The summed E-state index contributed by atoms with van der Waals surface area (Å²) in [6.45, 7) is 2.39. The minimum atomic E-state index is -0.399. The monoisotopic (exact) mass is 376 g/mol. The summed E-state index contributed by atoms with van der Waals surface area (Å²) in [6, 6.07) is 15.9. The van der Waals surface area contributed by atoms with Crippen molar-refractivity contribution in [1.82, 2.24) is 15.3 Å². The van der Waals surface area contributed by atoms with Gasteiger partial charge in [0.25, 0.3) is 5.91 Å². The van der Waals surface area contributed by atoms with Gasteiger partial charge in [-0.25, -0.2) is 9.78 Å². The van der Waals surface area contributed by atoms with E-state index < -0.39 is 5.97 Å². The Labute approximate surface area is 162 Å². The minimum absolute atomic E-state index is 0.288. The third-order valence-corrected chi connectivity index (χ3v) is 3.85. The summed E-state index contributed by atoms with van der Waals surface area (Å²) in [5.41, 5.74) is 2.75. The fourth-order valence-electron chi connectivity index (χ4n) is 2.50. The molecule has 0 atom stereocenters. The van der Waals surface area contributed by atoms with Gasteiger partial charge < -0.3 is 15.4 Å². The molecule has 0 radical (unpaired) electrons. The van der Waals surface area contributed by atoms with E-state index in [0.717, 1.165) is 5.69 Å². The van der Waals surface area contributed by atoms with Crippen LogP contribution in [0.5, 0.6) is 0 Å². The van der Waals surface area contributed by atoms with E-state index in [9.17, 15) is 9.59 Å². The summed E-state index contributed by atoms with van der Waals surface area (Å²) < 4.78 is 5.07. The van der Waals surface area contributed by atoms with Crippen LogP contribution in [-0.2, 0) is 11.3 Å². The van der Waals surface area contributed by atoms with Gasteiger partial charge in [0.1, 0.15) is 5.69 Å². The molecule has 3 rings (SSSR count). The van der Waals surface area contributed by atoms with Crippen LogP contribution in [0, 0.1) is 0 Å². The summed E-state index contributed by atoms with van der Waals surface area (Å²) in [7, 11) is 0. The van der Waals surface area contributed by atoms with Crippen LogP contribution >= 0.6 is 0 Å². The van der Waals surface area contributed by atoms with Gasteiger partial charge in [-0.05, 0) is 43.3 Å². The number of carbonyl (C=O) groups is 2. The second-order valence-corrected chi connectivity index (χ2v) is 5.83. The normalized spacial score (nSPS) is 10.2. The molecule has 0 spiro atoms. The van der Waals surface area contributed by atoms with Crippen LogP contribution in [0.2, 0.25) is 0 Å². The zero-order chi connectivity index (χ0) is 19.8. The van der Waals surface area contributed by atoms with E-state index in [4.69, 9.17) is 4.74 Å². The first-order chi connectivity index (χ1) is 13.7. The van der Waals surface area contributed by atoms with E-state index in [-0.39, 0.29) is 5.91 Å². The molecule has 0 aliphatic rings. The molecule has 3 aromatic rings. The number of para-hydroxylation sites is 1. The fraction of sp³-hybridized carbons (Fsp3) is 0.143. The lowest BCUT2D eigenvalue weighted by Gasteiger charge is -2.11. The number of benzene rings is 1. The Bertz CT molecular complexity index is 943. The van der Waals surface area contributed by atoms with Crippen molar-refractivity contribution < 1.29 is 14.3 Å². The number of pyridine rings is 2. The number of esters is 1. The molecular formula is C21H20N4O3. The van der Waals surface area contributed by atoms with Gasteiger partial charge in [0.15, 0.2) is 0 Å². The van der Waals surface area contributed by atoms with Crippen molar-refractivity contribution in [3.63, 3.8) is 0 Å². The number of nitrogens with zero attached hydrogens (tertiary/aromatic N) is 2. The fourth-order valence-corrected chi connectivity index (χ4v) is 2.50. The van der Waals surface area contributed by atoms with Crippen molar-refractivity contribution in [1.29, 1.82) is 0 Å². The summed E-state index contributed by atoms with van der Waals surface area (Å²) in [6.07, 6.45) is 3.21. The molecular weight excluding hydrogens is 356 g/mol. The molecule has 7 heteroatoms. The van der Waals surface area contributed by atoms with Crippen LogP contribution < -0.4 is 10.6 Å². The number of amides is 1. The molecule has 28 heavy (non-hydrogen) atoms. The Kier molecular flexibility index (Phi) is 6.30. The first kappa shape index (κ1) is 19.0. The van der Waals surface area contributed by atoms with Gasteiger partial charge in [-0.3, -0.25) is 9.78 Å². The first-order valence-electron chi connectivity index (χ1n) is 8.84. The predicted octanol–water partition coefficient (Wildman–Crippen LogP) is 3.33. The molecule has 1 aromatic carbocycles. The maximum absolute atomic E-state index is 12.2. The van der Waals surface area contributed by atoms with Crippen LogP contribution in [0.15, 0.2) is 67.0 Å². The molecule has 0 fully saturated rings. The van der Waals surface area contributed by atoms with Crippen LogP contribution in [-0.4, -0.2) is 28.5 Å². The number of hydrogen-bond acceptors (Lipinski definition) is 6. The number of rotatable bonds is 7. The molecule has 142 valence electrons. The average molecular weight is 376 g/mol. The van der Waals surface area contributed by atoms with Gasteiger partial charge in [0.2, 0.25) is 0 Å². The predicted molar refractivity (Wildman–Crippen MR) is 105 cm³/mol. The van der Waals surface area contributed by atoms with Crippen LogP contribution in [0.1, 0.15) is 33.5 Å². The van der Waals surface area contributed by atoms with Gasteiger partial charge in [0, 0.05) is 6.20 Å². The van der Waals surface area contributed by atoms with Crippen LogP contribution in [0.25, 0.3) is 0 Å². The average Bonchev–Trinajstić information content (AvgIpc) is 2.74. The standard InChI is InChI=1S/C21H20N4O3/c1-2-28-21(27)17-8-3-4-9-18(17)25-16-10-11-19(23-14-16)20(26)24-13-15-7-5-6-12-22-15/h3-12,14,25H,2,13H2,1H3,(H,24,26). The lowest BCUT2D eigenvalue weighted by molar-refractivity contribution is 0.0527. The molecule has 1 amide bonds. The Morgan fingerprint density at radius 2 is 1.82 bits per heavy atom. The number of carbonyl (C=O) groups excluding carboxylic acids is 2. The number of ether oxygens (including phenoxy) is 1. The van der Waals surface area contributed by atoms with Crippen molar-refractivity contribution in [2.75, 3.05) is 11.9 Å². The summed E-state index contributed by atoms with van der Waals surface area (Å²) >= 11 is 0. The number of nitrogens with one attached hydrogen (secondary N) is 2. The van der Waals surface area contributed by atoms with Crippen molar-refractivity contribution >= 4 is 23.3 Å². The van der Waals surface area contributed by atoms with E-state index in [1.807, 2.05) is 24.3 Å². The van der Waals surface area contributed by atoms with E-state index in [2.05, 4.69) is 20.6 Å². The lowest BCUT2D eigenvalue weighted by Crippen LogP contribution is -2.24. The summed E-state index contributed by atoms with van der Waals surface area (Å²) in [5, 5.41) is 5.91. The Morgan fingerprint density at radius 3 is 2.54 bits per heavy atom. The third kappa shape index (κ3) is 4.91. The largest absolute Gasteiger partial charge is 0.462 e.